The standard InChI is InChI=1S/C12H16N6/c1-9-4-3-5-10(6-9)16-12(13)14-7-11-8-15-18(2)17-11/h3-6,8H,7H2,1-2H3,(H3,13,14,16). The van der Waals surface area contributed by atoms with E-state index in [9.17, 15) is 0 Å². The molecule has 0 bridgehead atoms. The molecular weight excluding hydrogens is 228 g/mol. The Morgan fingerprint density at radius 1 is 1.50 bits per heavy atom. The topological polar surface area (TPSA) is 81.1 Å². The first-order chi connectivity index (χ1) is 8.63. The maximum atomic E-state index is 5.79. The Balaban J connectivity index is 1.97. The molecule has 1 heterocycles. The van der Waals surface area contributed by atoms with E-state index in [1.165, 1.54) is 10.4 Å². The van der Waals surface area contributed by atoms with Crippen LogP contribution in [0.3, 0.4) is 0 Å². The van der Waals surface area contributed by atoms with Crippen molar-refractivity contribution in [3.8, 4) is 0 Å². The molecule has 0 radical (unpaired) electrons. The quantitative estimate of drug-likeness (QED) is 0.624. The van der Waals surface area contributed by atoms with E-state index >= 15 is 0 Å². The molecule has 6 nitrogen and oxygen atoms in total. The number of nitrogens with one attached hydrogen (secondary N) is 1. The van der Waals surface area contributed by atoms with Crippen molar-refractivity contribution in [3.63, 3.8) is 0 Å². The van der Waals surface area contributed by atoms with Gasteiger partial charge in [0.05, 0.1) is 12.7 Å². The highest BCUT2D eigenvalue weighted by atomic mass is 15.4. The fraction of sp³-hybridized carbons (Fsp3) is 0.250. The van der Waals surface area contributed by atoms with Crippen LogP contribution < -0.4 is 11.1 Å². The van der Waals surface area contributed by atoms with Gasteiger partial charge in [-0.3, -0.25) is 0 Å². The van der Waals surface area contributed by atoms with Crippen molar-refractivity contribution in [1.82, 2.24) is 15.0 Å². The number of benzene rings is 1. The highest BCUT2D eigenvalue weighted by Gasteiger charge is 1.98. The van der Waals surface area contributed by atoms with Crippen LogP contribution in [-0.4, -0.2) is 21.0 Å². The Bertz CT molecular complexity index is 557. The first-order valence-corrected chi connectivity index (χ1v) is 5.62. The van der Waals surface area contributed by atoms with E-state index in [1.807, 2.05) is 31.2 Å². The van der Waals surface area contributed by atoms with Gasteiger partial charge in [-0.2, -0.15) is 15.0 Å². The van der Waals surface area contributed by atoms with Crippen LogP contribution in [0, 0.1) is 6.92 Å². The van der Waals surface area contributed by atoms with E-state index in [2.05, 4.69) is 20.5 Å². The van der Waals surface area contributed by atoms with Crippen molar-refractivity contribution in [3.05, 3.63) is 41.7 Å². The van der Waals surface area contributed by atoms with Crippen molar-refractivity contribution in [2.45, 2.75) is 13.5 Å². The average Bonchev–Trinajstić information content (AvgIpc) is 2.73. The van der Waals surface area contributed by atoms with Gasteiger partial charge in [0, 0.05) is 12.7 Å². The smallest absolute Gasteiger partial charge is 0.193 e. The summed E-state index contributed by atoms with van der Waals surface area (Å²) in [5.41, 5.74) is 8.67. The lowest BCUT2D eigenvalue weighted by atomic mass is 10.2. The number of anilines is 1. The van der Waals surface area contributed by atoms with E-state index in [0.717, 1.165) is 11.4 Å². The van der Waals surface area contributed by atoms with Gasteiger partial charge in [-0.05, 0) is 24.6 Å². The number of nitrogens with two attached hydrogens (primary N) is 1. The lowest BCUT2D eigenvalue weighted by Gasteiger charge is -2.05. The van der Waals surface area contributed by atoms with E-state index in [-0.39, 0.29) is 0 Å². The third-order valence-electron chi connectivity index (χ3n) is 2.35. The molecule has 1 aromatic heterocycles. The summed E-state index contributed by atoms with van der Waals surface area (Å²) in [5.74, 6) is 0.367. The van der Waals surface area contributed by atoms with Gasteiger partial charge >= 0.3 is 0 Å². The van der Waals surface area contributed by atoms with Gasteiger partial charge in [0.15, 0.2) is 5.96 Å². The van der Waals surface area contributed by atoms with Crippen LogP contribution in [0.15, 0.2) is 35.5 Å². The van der Waals surface area contributed by atoms with Crippen molar-refractivity contribution < 1.29 is 0 Å². The first kappa shape index (κ1) is 12.1. The largest absolute Gasteiger partial charge is 0.370 e. The molecule has 0 fully saturated rings. The molecule has 0 aliphatic heterocycles. The Hall–Kier alpha value is -2.37. The Morgan fingerprint density at radius 2 is 2.33 bits per heavy atom. The minimum Gasteiger partial charge on any atom is -0.370 e. The van der Waals surface area contributed by atoms with Gasteiger partial charge in [-0.25, -0.2) is 4.99 Å². The zero-order valence-corrected chi connectivity index (χ0v) is 10.5. The van der Waals surface area contributed by atoms with Crippen LogP contribution in [0.2, 0.25) is 0 Å². The zero-order chi connectivity index (χ0) is 13.0. The third-order valence-corrected chi connectivity index (χ3v) is 2.35. The fourth-order valence-corrected chi connectivity index (χ4v) is 1.54. The van der Waals surface area contributed by atoms with Gasteiger partial charge in [-0.1, -0.05) is 12.1 Å². The summed E-state index contributed by atoms with van der Waals surface area (Å²) in [4.78, 5) is 5.70. The molecule has 0 atom stereocenters. The molecule has 6 heteroatoms. The Morgan fingerprint density at radius 3 is 3.00 bits per heavy atom. The SMILES string of the molecule is Cc1cccc(NC(N)=NCc2cnn(C)n2)c1. The lowest BCUT2D eigenvalue weighted by molar-refractivity contribution is 0.645. The molecule has 0 amide bonds. The molecule has 0 unspecified atom stereocenters. The van der Waals surface area contributed by atoms with E-state index < -0.39 is 0 Å². The van der Waals surface area contributed by atoms with Gasteiger partial charge in [0.1, 0.15) is 5.69 Å². The number of hydrogen-bond donors (Lipinski definition) is 2. The minimum atomic E-state index is 0.367. The molecular formula is C12H16N6. The number of aliphatic imine (C=N–C) groups is 1. The molecule has 0 spiro atoms. The zero-order valence-electron chi connectivity index (χ0n) is 10.5. The summed E-state index contributed by atoms with van der Waals surface area (Å²) in [6, 6.07) is 7.94. The fourth-order valence-electron chi connectivity index (χ4n) is 1.54. The van der Waals surface area contributed by atoms with Crippen molar-refractivity contribution in [2.75, 3.05) is 5.32 Å². The molecule has 0 saturated carbocycles. The van der Waals surface area contributed by atoms with Crippen LogP contribution >= 0.6 is 0 Å². The second kappa shape index (κ2) is 5.31. The number of guanidine groups is 1. The summed E-state index contributed by atoms with van der Waals surface area (Å²) >= 11 is 0. The van der Waals surface area contributed by atoms with Crippen molar-refractivity contribution in [2.24, 2.45) is 17.8 Å². The minimum absolute atomic E-state index is 0.367. The first-order valence-electron chi connectivity index (χ1n) is 5.62. The molecule has 1 aromatic carbocycles. The molecule has 2 rings (SSSR count). The monoisotopic (exact) mass is 244 g/mol. The number of rotatable bonds is 3. The maximum absolute atomic E-state index is 5.79. The summed E-state index contributed by atoms with van der Waals surface area (Å²) in [6.45, 7) is 2.44. The van der Waals surface area contributed by atoms with Gasteiger partial charge in [0.2, 0.25) is 0 Å². The second-order valence-electron chi connectivity index (χ2n) is 4.02. The molecule has 0 saturated heterocycles. The predicted molar refractivity (Wildman–Crippen MR) is 71.1 cm³/mol. The lowest BCUT2D eigenvalue weighted by Crippen LogP contribution is -2.22. The number of hydrogen-bond acceptors (Lipinski definition) is 3. The van der Waals surface area contributed by atoms with E-state index in [4.69, 9.17) is 5.73 Å². The molecule has 0 aliphatic rings. The van der Waals surface area contributed by atoms with E-state index in [1.54, 1.807) is 13.2 Å². The van der Waals surface area contributed by atoms with Gasteiger partial charge in [-0.15, -0.1) is 0 Å². The average molecular weight is 244 g/mol. The maximum Gasteiger partial charge on any atom is 0.193 e. The molecule has 3 N–H and O–H groups in total. The Kier molecular flexibility index (Phi) is 3.57. The summed E-state index contributed by atoms with van der Waals surface area (Å²) in [7, 11) is 1.77. The van der Waals surface area contributed by atoms with Gasteiger partial charge in [0.25, 0.3) is 0 Å². The third kappa shape index (κ3) is 3.31. The van der Waals surface area contributed by atoms with Crippen molar-refractivity contribution in [1.29, 1.82) is 0 Å². The molecule has 0 aliphatic carbocycles. The van der Waals surface area contributed by atoms with Gasteiger partial charge < -0.3 is 11.1 Å². The second-order valence-corrected chi connectivity index (χ2v) is 4.02. The Labute approximate surface area is 106 Å². The molecule has 18 heavy (non-hydrogen) atoms. The van der Waals surface area contributed by atoms with Crippen LogP contribution in [-0.2, 0) is 13.6 Å². The highest BCUT2D eigenvalue weighted by molar-refractivity contribution is 5.92. The van der Waals surface area contributed by atoms with E-state index in [0.29, 0.717) is 12.5 Å². The summed E-state index contributed by atoms with van der Waals surface area (Å²) in [6.07, 6.45) is 1.67. The highest BCUT2D eigenvalue weighted by Crippen LogP contribution is 2.08. The predicted octanol–water partition coefficient (Wildman–Crippen LogP) is 1.05. The van der Waals surface area contributed by atoms with Crippen LogP contribution in [0.1, 0.15) is 11.3 Å². The van der Waals surface area contributed by atoms with Crippen molar-refractivity contribution >= 4 is 11.6 Å². The van der Waals surface area contributed by atoms with Crippen LogP contribution in [0.25, 0.3) is 0 Å². The van der Waals surface area contributed by atoms with Crippen LogP contribution in [0.5, 0.6) is 0 Å². The van der Waals surface area contributed by atoms with Crippen LogP contribution in [0.4, 0.5) is 5.69 Å². The normalized spacial score (nSPS) is 11.6. The number of nitrogens with zero attached hydrogens (tertiary/aromatic N) is 4. The number of aromatic nitrogens is 3. The molecule has 94 valence electrons. The summed E-state index contributed by atoms with van der Waals surface area (Å²) < 4.78 is 0. The summed E-state index contributed by atoms with van der Waals surface area (Å²) in [5, 5.41) is 11.1. The number of aryl methyl sites for hydroxylation is 2. The molecule has 2 aromatic rings.